The molecule has 0 bridgehead atoms. The zero-order valence-electron chi connectivity index (χ0n) is 15.2. The average Bonchev–Trinajstić information content (AvgIpc) is 3.25. The summed E-state index contributed by atoms with van der Waals surface area (Å²) in [6.45, 7) is 2.45. The van der Waals surface area contributed by atoms with Crippen LogP contribution in [0, 0.1) is 0 Å². The van der Waals surface area contributed by atoms with Crippen molar-refractivity contribution in [1.29, 1.82) is 0 Å². The summed E-state index contributed by atoms with van der Waals surface area (Å²) in [5.74, 6) is 1.50. The Morgan fingerprint density at radius 1 is 1.04 bits per heavy atom. The molecule has 1 saturated heterocycles. The van der Waals surface area contributed by atoms with Crippen LogP contribution in [0.2, 0.25) is 0 Å². The zero-order chi connectivity index (χ0) is 18.6. The van der Waals surface area contributed by atoms with Crippen molar-refractivity contribution in [2.45, 2.75) is 51.1 Å². The molecule has 3 rings (SSSR count). The van der Waals surface area contributed by atoms with Gasteiger partial charge in [-0.25, -0.2) is 8.42 Å². The second-order valence-corrected chi connectivity index (χ2v) is 9.22. The molecular weight excluding hydrogens is 354 g/mol. The van der Waals surface area contributed by atoms with E-state index in [2.05, 4.69) is 0 Å². The van der Waals surface area contributed by atoms with Crippen LogP contribution in [0.3, 0.4) is 0 Å². The van der Waals surface area contributed by atoms with Crippen molar-refractivity contribution >= 4 is 15.7 Å². The lowest BCUT2D eigenvalue weighted by molar-refractivity contribution is -0.137. The highest BCUT2D eigenvalue weighted by Crippen LogP contribution is 2.29. The maximum atomic E-state index is 12.9. The molecule has 7 heteroatoms. The first kappa shape index (κ1) is 19.0. The predicted octanol–water partition coefficient (Wildman–Crippen LogP) is 2.42. The number of rotatable bonds is 7. The molecule has 1 amide bonds. The van der Waals surface area contributed by atoms with Crippen molar-refractivity contribution in [3.05, 3.63) is 24.3 Å². The van der Waals surface area contributed by atoms with E-state index in [-0.39, 0.29) is 36.1 Å². The van der Waals surface area contributed by atoms with Gasteiger partial charge in [-0.15, -0.1) is 0 Å². The summed E-state index contributed by atoms with van der Waals surface area (Å²) >= 11 is 0. The highest BCUT2D eigenvalue weighted by molar-refractivity contribution is 7.91. The Morgan fingerprint density at radius 3 is 2.19 bits per heavy atom. The first-order valence-electron chi connectivity index (χ1n) is 9.36. The summed E-state index contributed by atoms with van der Waals surface area (Å²) in [5.41, 5.74) is 0. The molecule has 0 spiro atoms. The third-order valence-corrected chi connectivity index (χ3v) is 6.86. The fraction of sp³-hybridized carbons (Fsp3) is 0.632. The molecule has 0 N–H and O–H groups in total. The number of nitrogens with zero attached hydrogens (tertiary/aromatic N) is 1. The van der Waals surface area contributed by atoms with Gasteiger partial charge in [0.2, 0.25) is 0 Å². The van der Waals surface area contributed by atoms with E-state index in [1.54, 1.807) is 12.1 Å². The van der Waals surface area contributed by atoms with Crippen molar-refractivity contribution in [3.63, 3.8) is 0 Å². The molecule has 1 saturated carbocycles. The van der Waals surface area contributed by atoms with Gasteiger partial charge in [0.1, 0.15) is 11.5 Å². The Labute approximate surface area is 155 Å². The minimum absolute atomic E-state index is 0.0684. The third kappa shape index (κ3) is 4.69. The Balaban J connectivity index is 1.63. The first-order chi connectivity index (χ1) is 12.5. The summed E-state index contributed by atoms with van der Waals surface area (Å²) in [7, 11) is -3.03. The monoisotopic (exact) mass is 381 g/mol. The van der Waals surface area contributed by atoms with Gasteiger partial charge in [-0.1, -0.05) is 12.8 Å². The second-order valence-electron chi connectivity index (χ2n) is 6.99. The quantitative estimate of drug-likeness (QED) is 0.725. The molecule has 2 fully saturated rings. The zero-order valence-corrected chi connectivity index (χ0v) is 16.0. The van der Waals surface area contributed by atoms with E-state index in [4.69, 9.17) is 9.47 Å². The molecule has 144 valence electrons. The SMILES string of the molecule is CCOc1ccc(OCC(=O)N(C2CCCC2)[C@@H]2CCS(=O)(=O)C2)cc1. The minimum atomic E-state index is -3.03. The molecule has 1 aliphatic carbocycles. The maximum absolute atomic E-state index is 12.9. The summed E-state index contributed by atoms with van der Waals surface area (Å²) in [6, 6.07) is 7.10. The summed E-state index contributed by atoms with van der Waals surface area (Å²) in [5, 5.41) is 0. The largest absolute Gasteiger partial charge is 0.494 e. The predicted molar refractivity (Wildman–Crippen MR) is 99.3 cm³/mol. The summed E-state index contributed by atoms with van der Waals surface area (Å²) < 4.78 is 34.8. The molecule has 6 nitrogen and oxygen atoms in total. The molecule has 2 aliphatic rings. The van der Waals surface area contributed by atoms with E-state index < -0.39 is 9.84 Å². The van der Waals surface area contributed by atoms with Gasteiger partial charge in [0.05, 0.1) is 18.1 Å². The van der Waals surface area contributed by atoms with Gasteiger partial charge in [0, 0.05) is 12.1 Å². The van der Waals surface area contributed by atoms with Crippen LogP contribution in [0.1, 0.15) is 39.0 Å². The van der Waals surface area contributed by atoms with Gasteiger partial charge < -0.3 is 14.4 Å². The lowest BCUT2D eigenvalue weighted by atomic mass is 10.1. The van der Waals surface area contributed by atoms with Gasteiger partial charge in [-0.05, 0) is 50.5 Å². The number of carbonyl (C=O) groups is 1. The Kier molecular flexibility index (Phi) is 6.06. The first-order valence-corrected chi connectivity index (χ1v) is 11.2. The number of hydrogen-bond acceptors (Lipinski definition) is 5. The Morgan fingerprint density at radius 2 is 1.65 bits per heavy atom. The van der Waals surface area contributed by atoms with Crippen molar-refractivity contribution < 1.29 is 22.7 Å². The molecule has 0 unspecified atom stereocenters. The topological polar surface area (TPSA) is 72.9 Å². The van der Waals surface area contributed by atoms with Crippen LogP contribution in [-0.4, -0.2) is 56.0 Å². The van der Waals surface area contributed by atoms with Crippen molar-refractivity contribution in [1.82, 2.24) is 4.90 Å². The van der Waals surface area contributed by atoms with Crippen molar-refractivity contribution in [3.8, 4) is 11.5 Å². The molecular formula is C19H27NO5S. The van der Waals surface area contributed by atoms with Crippen molar-refractivity contribution in [2.75, 3.05) is 24.7 Å². The highest BCUT2D eigenvalue weighted by Gasteiger charge is 2.39. The molecule has 1 aliphatic heterocycles. The number of carbonyl (C=O) groups excluding carboxylic acids is 1. The van der Waals surface area contributed by atoms with Gasteiger partial charge >= 0.3 is 0 Å². The smallest absolute Gasteiger partial charge is 0.261 e. The van der Waals surface area contributed by atoms with Crippen LogP contribution in [0.15, 0.2) is 24.3 Å². The Bertz CT molecular complexity index is 710. The van der Waals surface area contributed by atoms with E-state index >= 15 is 0 Å². The van der Waals surface area contributed by atoms with E-state index in [1.165, 1.54) is 0 Å². The van der Waals surface area contributed by atoms with Gasteiger partial charge in [-0.2, -0.15) is 0 Å². The fourth-order valence-corrected chi connectivity index (χ4v) is 5.61. The number of ether oxygens (including phenoxy) is 2. The standard InChI is InChI=1S/C19H27NO5S/c1-2-24-17-7-9-18(10-8-17)25-13-19(21)20(15-5-3-4-6-15)16-11-12-26(22,23)14-16/h7-10,15-16H,2-6,11-14H2,1H3/t16-/m1/s1. The minimum Gasteiger partial charge on any atom is -0.494 e. The number of amides is 1. The van der Waals surface area contributed by atoms with Crippen LogP contribution in [0.5, 0.6) is 11.5 Å². The van der Waals surface area contributed by atoms with E-state index in [0.717, 1.165) is 31.4 Å². The maximum Gasteiger partial charge on any atom is 0.261 e. The molecule has 1 atom stereocenters. The van der Waals surface area contributed by atoms with E-state index in [0.29, 0.717) is 18.8 Å². The van der Waals surface area contributed by atoms with Gasteiger partial charge in [-0.3, -0.25) is 4.79 Å². The molecule has 1 aromatic rings. The van der Waals surface area contributed by atoms with Gasteiger partial charge in [0.15, 0.2) is 16.4 Å². The van der Waals surface area contributed by atoms with Crippen LogP contribution in [0.4, 0.5) is 0 Å². The summed E-state index contributed by atoms with van der Waals surface area (Å²) in [6.07, 6.45) is 4.62. The van der Waals surface area contributed by atoms with Crippen LogP contribution in [-0.2, 0) is 14.6 Å². The van der Waals surface area contributed by atoms with Gasteiger partial charge in [0.25, 0.3) is 5.91 Å². The van der Waals surface area contributed by atoms with Crippen LogP contribution in [0.25, 0.3) is 0 Å². The van der Waals surface area contributed by atoms with E-state index in [1.807, 2.05) is 24.0 Å². The van der Waals surface area contributed by atoms with Crippen LogP contribution >= 0.6 is 0 Å². The number of sulfone groups is 1. The summed E-state index contributed by atoms with van der Waals surface area (Å²) in [4.78, 5) is 14.7. The molecule has 26 heavy (non-hydrogen) atoms. The third-order valence-electron chi connectivity index (χ3n) is 5.10. The lowest BCUT2D eigenvalue weighted by Gasteiger charge is -2.34. The molecule has 1 heterocycles. The Hall–Kier alpha value is -1.76. The lowest BCUT2D eigenvalue weighted by Crippen LogP contribution is -2.48. The molecule has 0 aromatic heterocycles. The van der Waals surface area contributed by atoms with Crippen LogP contribution < -0.4 is 9.47 Å². The average molecular weight is 381 g/mol. The van der Waals surface area contributed by atoms with Crippen molar-refractivity contribution in [2.24, 2.45) is 0 Å². The molecule has 0 radical (unpaired) electrons. The van der Waals surface area contributed by atoms with E-state index in [9.17, 15) is 13.2 Å². The number of hydrogen-bond donors (Lipinski definition) is 0. The molecule has 1 aromatic carbocycles. The number of benzene rings is 1. The fourth-order valence-electron chi connectivity index (χ4n) is 3.90. The normalized spacial score (nSPS) is 22.3. The highest BCUT2D eigenvalue weighted by atomic mass is 32.2. The second kappa shape index (κ2) is 8.29.